The molecule has 0 aromatic rings. The normalized spacial score (nSPS) is 21.2. The summed E-state index contributed by atoms with van der Waals surface area (Å²) in [6.07, 6.45) is 4.76. The summed E-state index contributed by atoms with van der Waals surface area (Å²) in [5.41, 5.74) is 1.17. The van der Waals surface area contributed by atoms with Crippen molar-refractivity contribution in [1.82, 2.24) is 0 Å². The molecule has 16 heavy (non-hydrogen) atoms. The molecule has 1 rings (SSSR count). The van der Waals surface area contributed by atoms with Crippen LogP contribution in [0.1, 0.15) is 26.2 Å². The Kier molecular flexibility index (Phi) is 6.11. The van der Waals surface area contributed by atoms with E-state index in [9.17, 15) is 4.79 Å². The second kappa shape index (κ2) is 7.41. The number of allylic oxidation sites excluding steroid dienone is 1. The molecule has 0 spiro atoms. The first-order chi connectivity index (χ1) is 7.74. The number of hydrogen-bond acceptors (Lipinski definition) is 4. The van der Waals surface area contributed by atoms with Gasteiger partial charge in [0.25, 0.3) is 0 Å². The Balaban J connectivity index is 2.12. The average molecular weight is 228 g/mol. The SMILES string of the molecule is COCOC/C(C)=C/CCC1CCOC1=O. The molecule has 1 fully saturated rings. The van der Waals surface area contributed by atoms with Crippen molar-refractivity contribution in [1.29, 1.82) is 0 Å². The number of hydrogen-bond donors (Lipinski definition) is 0. The van der Waals surface area contributed by atoms with E-state index in [0.29, 0.717) is 20.0 Å². The lowest BCUT2D eigenvalue weighted by molar-refractivity contribution is -0.141. The lowest BCUT2D eigenvalue weighted by Gasteiger charge is -2.04. The first-order valence-corrected chi connectivity index (χ1v) is 5.63. The van der Waals surface area contributed by atoms with E-state index in [1.807, 2.05) is 6.92 Å². The number of rotatable bonds is 7. The minimum absolute atomic E-state index is 0.0401. The van der Waals surface area contributed by atoms with E-state index >= 15 is 0 Å². The standard InChI is InChI=1S/C12H20O4/c1-10(8-15-9-14-2)4-3-5-11-6-7-16-12(11)13/h4,11H,3,5-9H2,1-2H3/b10-4+. The number of cyclic esters (lactones) is 1. The molecule has 0 radical (unpaired) electrons. The van der Waals surface area contributed by atoms with Gasteiger partial charge in [-0.15, -0.1) is 0 Å². The van der Waals surface area contributed by atoms with Gasteiger partial charge in [0.1, 0.15) is 6.79 Å². The highest BCUT2D eigenvalue weighted by molar-refractivity contribution is 5.74. The van der Waals surface area contributed by atoms with Gasteiger partial charge in [0.15, 0.2) is 0 Å². The van der Waals surface area contributed by atoms with E-state index in [1.165, 1.54) is 5.57 Å². The second-order valence-corrected chi connectivity index (χ2v) is 4.04. The average Bonchev–Trinajstić information content (AvgIpc) is 2.65. The molecule has 4 heteroatoms. The molecule has 1 aliphatic rings. The van der Waals surface area contributed by atoms with Crippen LogP contribution in [-0.4, -0.2) is 33.1 Å². The lowest BCUT2D eigenvalue weighted by Crippen LogP contribution is -2.06. The fraction of sp³-hybridized carbons (Fsp3) is 0.750. The van der Waals surface area contributed by atoms with Gasteiger partial charge in [-0.25, -0.2) is 0 Å². The van der Waals surface area contributed by atoms with Crippen LogP contribution < -0.4 is 0 Å². The summed E-state index contributed by atoms with van der Waals surface area (Å²) in [6, 6.07) is 0. The minimum Gasteiger partial charge on any atom is -0.465 e. The number of esters is 1. The van der Waals surface area contributed by atoms with Crippen molar-refractivity contribution in [3.8, 4) is 0 Å². The minimum atomic E-state index is -0.0401. The third kappa shape index (κ3) is 4.77. The van der Waals surface area contributed by atoms with Crippen LogP contribution in [0.4, 0.5) is 0 Å². The first-order valence-electron chi connectivity index (χ1n) is 5.63. The van der Waals surface area contributed by atoms with Crippen LogP contribution >= 0.6 is 0 Å². The zero-order valence-electron chi connectivity index (χ0n) is 10.0. The van der Waals surface area contributed by atoms with Crippen LogP contribution in [-0.2, 0) is 19.0 Å². The lowest BCUT2D eigenvalue weighted by atomic mass is 10.0. The molecule has 0 aromatic heterocycles. The van der Waals surface area contributed by atoms with Crippen LogP contribution in [0.25, 0.3) is 0 Å². The molecule has 1 heterocycles. The fourth-order valence-corrected chi connectivity index (χ4v) is 1.68. The van der Waals surface area contributed by atoms with Crippen molar-refractivity contribution in [2.75, 3.05) is 27.1 Å². The molecule has 1 unspecified atom stereocenters. The van der Waals surface area contributed by atoms with Gasteiger partial charge in [0.2, 0.25) is 0 Å². The quantitative estimate of drug-likeness (QED) is 0.289. The highest BCUT2D eigenvalue weighted by atomic mass is 16.7. The van der Waals surface area contributed by atoms with Gasteiger partial charge in [-0.3, -0.25) is 4.79 Å². The number of ether oxygens (including phenoxy) is 3. The van der Waals surface area contributed by atoms with E-state index < -0.39 is 0 Å². The molecule has 0 aromatic carbocycles. The van der Waals surface area contributed by atoms with E-state index in [1.54, 1.807) is 7.11 Å². The molecule has 1 aliphatic heterocycles. The summed E-state index contributed by atoms with van der Waals surface area (Å²) in [5.74, 6) is 0.0608. The molecule has 1 atom stereocenters. The van der Waals surface area contributed by atoms with Gasteiger partial charge in [0, 0.05) is 7.11 Å². The molecule has 4 nitrogen and oxygen atoms in total. The molecule has 0 bridgehead atoms. The summed E-state index contributed by atoms with van der Waals surface area (Å²) in [5, 5.41) is 0. The smallest absolute Gasteiger partial charge is 0.309 e. The zero-order valence-corrected chi connectivity index (χ0v) is 10.0. The molecular weight excluding hydrogens is 208 g/mol. The van der Waals surface area contributed by atoms with Crippen LogP contribution in [0, 0.1) is 5.92 Å². The largest absolute Gasteiger partial charge is 0.465 e. The Morgan fingerprint density at radius 2 is 2.44 bits per heavy atom. The maximum Gasteiger partial charge on any atom is 0.309 e. The maximum absolute atomic E-state index is 11.2. The Morgan fingerprint density at radius 3 is 3.06 bits per heavy atom. The van der Waals surface area contributed by atoms with E-state index in [-0.39, 0.29) is 11.9 Å². The second-order valence-electron chi connectivity index (χ2n) is 4.04. The molecule has 0 N–H and O–H groups in total. The summed E-state index contributed by atoms with van der Waals surface area (Å²) in [4.78, 5) is 11.2. The highest BCUT2D eigenvalue weighted by Gasteiger charge is 2.25. The Labute approximate surface area is 96.6 Å². The summed E-state index contributed by atoms with van der Waals surface area (Å²) < 4.78 is 14.9. The predicted octanol–water partition coefficient (Wildman–Crippen LogP) is 1.90. The molecular formula is C12H20O4. The Bertz CT molecular complexity index is 247. The van der Waals surface area contributed by atoms with Crippen LogP contribution in [0.5, 0.6) is 0 Å². The maximum atomic E-state index is 11.2. The fourth-order valence-electron chi connectivity index (χ4n) is 1.68. The molecule has 0 amide bonds. The van der Waals surface area contributed by atoms with Crippen LogP contribution in [0.3, 0.4) is 0 Å². The molecule has 1 saturated heterocycles. The van der Waals surface area contributed by atoms with Gasteiger partial charge in [-0.05, 0) is 26.2 Å². The van der Waals surface area contributed by atoms with Crippen molar-refractivity contribution in [2.24, 2.45) is 5.92 Å². The van der Waals surface area contributed by atoms with Gasteiger partial charge < -0.3 is 14.2 Å². The zero-order chi connectivity index (χ0) is 11.8. The first kappa shape index (κ1) is 13.2. The topological polar surface area (TPSA) is 44.8 Å². The van der Waals surface area contributed by atoms with Crippen LogP contribution in [0.15, 0.2) is 11.6 Å². The van der Waals surface area contributed by atoms with Crippen molar-refractivity contribution in [3.05, 3.63) is 11.6 Å². The van der Waals surface area contributed by atoms with E-state index in [2.05, 4.69) is 6.08 Å². The predicted molar refractivity (Wildman–Crippen MR) is 59.9 cm³/mol. The summed E-state index contributed by atoms with van der Waals surface area (Å²) in [7, 11) is 1.60. The number of carbonyl (C=O) groups is 1. The third-order valence-electron chi connectivity index (χ3n) is 2.58. The number of carbonyl (C=O) groups excluding carboxylic acids is 1. The number of methoxy groups -OCH3 is 1. The highest BCUT2D eigenvalue weighted by Crippen LogP contribution is 2.20. The summed E-state index contributed by atoms with van der Waals surface area (Å²) >= 11 is 0. The van der Waals surface area contributed by atoms with Crippen molar-refractivity contribution >= 4 is 5.97 Å². The van der Waals surface area contributed by atoms with E-state index in [4.69, 9.17) is 14.2 Å². The molecule has 0 aliphatic carbocycles. The third-order valence-corrected chi connectivity index (χ3v) is 2.58. The van der Waals surface area contributed by atoms with Crippen molar-refractivity contribution < 1.29 is 19.0 Å². The Hall–Kier alpha value is -0.870. The Morgan fingerprint density at radius 1 is 1.62 bits per heavy atom. The van der Waals surface area contributed by atoms with Gasteiger partial charge in [0.05, 0.1) is 19.1 Å². The van der Waals surface area contributed by atoms with Crippen molar-refractivity contribution in [3.63, 3.8) is 0 Å². The van der Waals surface area contributed by atoms with E-state index in [0.717, 1.165) is 19.3 Å². The van der Waals surface area contributed by atoms with Gasteiger partial charge in [-0.1, -0.05) is 11.6 Å². The van der Waals surface area contributed by atoms with Gasteiger partial charge in [-0.2, -0.15) is 0 Å². The van der Waals surface area contributed by atoms with Crippen LogP contribution in [0.2, 0.25) is 0 Å². The van der Waals surface area contributed by atoms with Gasteiger partial charge >= 0.3 is 5.97 Å². The molecule has 92 valence electrons. The van der Waals surface area contributed by atoms with Crippen molar-refractivity contribution in [2.45, 2.75) is 26.2 Å². The molecule has 0 saturated carbocycles. The monoisotopic (exact) mass is 228 g/mol. The summed E-state index contributed by atoms with van der Waals surface area (Å²) in [6.45, 7) is 3.51.